The second kappa shape index (κ2) is 4.88. The summed E-state index contributed by atoms with van der Waals surface area (Å²) in [5.41, 5.74) is 0. The summed E-state index contributed by atoms with van der Waals surface area (Å²) in [6, 6.07) is -1.41. The molecule has 1 aromatic rings. The first-order chi connectivity index (χ1) is 10.9. The number of sulfone groups is 1. The molecule has 11 heteroatoms. The van der Waals surface area contributed by atoms with Crippen LogP contribution >= 0.6 is 0 Å². The number of hydrogen-bond donors (Lipinski definition) is 1. The lowest BCUT2D eigenvalue weighted by Crippen LogP contribution is -2.58. The molecule has 24 heavy (non-hydrogen) atoms. The highest BCUT2D eigenvalue weighted by Gasteiger charge is 2.70. The predicted molar refractivity (Wildman–Crippen MR) is 87.0 cm³/mol. The van der Waals surface area contributed by atoms with E-state index < -0.39 is 46.0 Å². The fourth-order valence-corrected chi connectivity index (χ4v) is 6.57. The Morgan fingerprint density at radius 3 is 2.54 bits per heavy atom. The van der Waals surface area contributed by atoms with Crippen LogP contribution in [0.3, 0.4) is 0 Å². The summed E-state index contributed by atoms with van der Waals surface area (Å²) < 4.78 is 25.4. The topological polar surface area (TPSA) is 122 Å². The molecule has 0 unspecified atom stereocenters. The molecule has 2 aliphatic rings. The third-order valence-electron chi connectivity index (χ3n) is 4.83. The molecular formula is C13H20N4O5SSi. The zero-order valence-corrected chi connectivity index (χ0v) is 15.7. The number of nitrogens with zero attached hydrogens (tertiary/aromatic N) is 4. The van der Waals surface area contributed by atoms with Crippen LogP contribution < -0.4 is 5.32 Å². The van der Waals surface area contributed by atoms with Gasteiger partial charge in [-0.2, -0.15) is 0 Å². The Bertz CT molecular complexity index is 830. The van der Waals surface area contributed by atoms with Gasteiger partial charge in [-0.3, -0.25) is 9.48 Å². The minimum absolute atomic E-state index is 0.149. The lowest BCUT2D eigenvalue weighted by molar-refractivity contribution is -0.157. The average molecular weight is 372 g/mol. The Morgan fingerprint density at radius 2 is 2.08 bits per heavy atom. The maximum Gasteiger partial charge on any atom is 0.328 e. The van der Waals surface area contributed by atoms with Crippen molar-refractivity contribution >= 4 is 35.1 Å². The fourth-order valence-electron chi connectivity index (χ4n) is 3.33. The van der Waals surface area contributed by atoms with E-state index in [-0.39, 0.29) is 13.0 Å². The van der Waals surface area contributed by atoms with E-state index in [1.165, 1.54) is 11.6 Å². The van der Waals surface area contributed by atoms with E-state index in [1.807, 2.05) is 0 Å². The van der Waals surface area contributed by atoms with Gasteiger partial charge in [0.05, 0.1) is 18.3 Å². The zero-order chi connectivity index (χ0) is 18.1. The number of rotatable bonds is 4. The second-order valence-electron chi connectivity index (χ2n) is 7.61. The van der Waals surface area contributed by atoms with Crippen molar-refractivity contribution in [3.05, 3.63) is 6.20 Å². The van der Waals surface area contributed by atoms with Crippen LogP contribution in [0, 0.1) is 0 Å². The molecule has 132 valence electrons. The summed E-state index contributed by atoms with van der Waals surface area (Å²) in [6.45, 7) is 7.48. The molecule has 3 heterocycles. The Hall–Kier alpha value is -1.75. The van der Waals surface area contributed by atoms with Crippen LogP contribution in [0.1, 0.15) is 13.3 Å². The van der Waals surface area contributed by atoms with Crippen molar-refractivity contribution in [2.75, 3.05) is 0 Å². The van der Waals surface area contributed by atoms with Crippen molar-refractivity contribution in [3.8, 4) is 0 Å². The van der Waals surface area contributed by atoms with Crippen LogP contribution in [-0.2, 0) is 26.0 Å². The van der Waals surface area contributed by atoms with Crippen molar-refractivity contribution in [1.82, 2.24) is 19.9 Å². The molecule has 1 aromatic heterocycles. The molecule has 1 amide bonds. The molecule has 3 atom stereocenters. The quantitative estimate of drug-likeness (QED) is 0.532. The minimum atomic E-state index is -3.83. The number of aliphatic carboxylic acids is 1. The molecule has 2 aliphatic heterocycles. The van der Waals surface area contributed by atoms with Crippen molar-refractivity contribution in [2.24, 2.45) is 0 Å². The molecule has 2 saturated heterocycles. The summed E-state index contributed by atoms with van der Waals surface area (Å²) >= 11 is 0. The van der Waals surface area contributed by atoms with E-state index in [0.717, 1.165) is 10.2 Å². The SMILES string of the molecule is C[C@]1(Cn2cc([Si](C)(C)C)nn2)[C@H](C(=O)O)N2C(=O)C[C@H]2S1(=O)=O. The summed E-state index contributed by atoms with van der Waals surface area (Å²) in [7, 11) is -5.55. The Labute approximate surface area is 140 Å². The van der Waals surface area contributed by atoms with Crippen molar-refractivity contribution in [3.63, 3.8) is 0 Å². The number of carbonyl (C=O) groups excluding carboxylic acids is 1. The van der Waals surface area contributed by atoms with Crippen molar-refractivity contribution in [2.45, 2.75) is 55.7 Å². The van der Waals surface area contributed by atoms with Gasteiger partial charge in [-0.1, -0.05) is 24.9 Å². The standard InChI is InChI=1S/C13H20N4O5SSi/c1-13(7-16-6-8(14-15-16)24(2,3)4)11(12(19)20)17-9(18)5-10(17)23(13,21)22/h6,10-11H,5,7H2,1-4H3,(H,19,20)/t10-,11+,13+/m1/s1. The second-order valence-corrected chi connectivity index (χ2v) is 15.2. The third kappa shape index (κ3) is 2.14. The lowest BCUT2D eigenvalue weighted by atomic mass is 9.96. The first kappa shape index (κ1) is 17.1. The van der Waals surface area contributed by atoms with Crippen LogP contribution in [0.4, 0.5) is 0 Å². The van der Waals surface area contributed by atoms with Gasteiger partial charge >= 0.3 is 5.97 Å². The van der Waals surface area contributed by atoms with Gasteiger partial charge in [0, 0.05) is 6.20 Å². The molecule has 0 radical (unpaired) electrons. The van der Waals surface area contributed by atoms with Crippen LogP contribution in [0.25, 0.3) is 0 Å². The molecule has 9 nitrogen and oxygen atoms in total. The van der Waals surface area contributed by atoms with Crippen molar-refractivity contribution in [1.29, 1.82) is 0 Å². The minimum Gasteiger partial charge on any atom is -0.480 e. The number of carboxylic acid groups (broad SMARTS) is 1. The van der Waals surface area contributed by atoms with Crippen LogP contribution in [-0.4, -0.2) is 69.5 Å². The number of hydrogen-bond acceptors (Lipinski definition) is 6. The Morgan fingerprint density at radius 1 is 1.46 bits per heavy atom. The fraction of sp³-hybridized carbons (Fsp3) is 0.692. The first-order valence-electron chi connectivity index (χ1n) is 7.57. The van der Waals surface area contributed by atoms with E-state index in [1.54, 1.807) is 6.20 Å². The normalized spacial score (nSPS) is 31.7. The molecular weight excluding hydrogens is 352 g/mol. The van der Waals surface area contributed by atoms with Gasteiger partial charge < -0.3 is 10.0 Å². The van der Waals surface area contributed by atoms with Gasteiger partial charge in [-0.15, -0.1) is 5.10 Å². The highest BCUT2D eigenvalue weighted by atomic mass is 32.2. The maximum atomic E-state index is 12.8. The van der Waals surface area contributed by atoms with Gasteiger partial charge in [-0.25, -0.2) is 13.2 Å². The smallest absolute Gasteiger partial charge is 0.328 e. The molecule has 0 bridgehead atoms. The Balaban J connectivity index is 2.02. The largest absolute Gasteiger partial charge is 0.480 e. The molecule has 0 aromatic carbocycles. The summed E-state index contributed by atoms with van der Waals surface area (Å²) in [5, 5.41) is 17.4. The maximum absolute atomic E-state index is 12.8. The monoisotopic (exact) mass is 372 g/mol. The number of β-lactam (4-membered cyclic amide) rings is 1. The average Bonchev–Trinajstić information content (AvgIpc) is 2.93. The number of carboxylic acids is 1. The van der Waals surface area contributed by atoms with Crippen LogP contribution in [0.2, 0.25) is 19.6 Å². The summed E-state index contributed by atoms with van der Waals surface area (Å²) in [5.74, 6) is -1.76. The van der Waals surface area contributed by atoms with E-state index in [9.17, 15) is 23.1 Å². The van der Waals surface area contributed by atoms with Gasteiger partial charge in [0.1, 0.15) is 18.2 Å². The molecule has 0 spiro atoms. The summed E-state index contributed by atoms with van der Waals surface area (Å²) in [4.78, 5) is 24.4. The van der Waals surface area contributed by atoms with E-state index in [2.05, 4.69) is 30.0 Å². The van der Waals surface area contributed by atoms with Gasteiger partial charge in [-0.05, 0) is 6.92 Å². The first-order valence-corrected chi connectivity index (χ1v) is 12.6. The lowest BCUT2D eigenvalue weighted by Gasteiger charge is -2.35. The third-order valence-corrected chi connectivity index (χ3v) is 9.36. The highest BCUT2D eigenvalue weighted by molar-refractivity contribution is 7.93. The number of amides is 1. The number of fused-ring (bicyclic) bond motifs is 1. The van der Waals surface area contributed by atoms with E-state index >= 15 is 0 Å². The predicted octanol–water partition coefficient (Wildman–Crippen LogP) is -0.978. The number of carbonyl (C=O) groups is 2. The molecule has 1 N–H and O–H groups in total. The molecule has 3 rings (SSSR count). The van der Waals surface area contributed by atoms with Crippen LogP contribution in [0.15, 0.2) is 6.20 Å². The molecule has 0 saturated carbocycles. The van der Waals surface area contributed by atoms with Gasteiger partial charge in [0.2, 0.25) is 5.91 Å². The van der Waals surface area contributed by atoms with E-state index in [0.29, 0.717) is 0 Å². The highest BCUT2D eigenvalue weighted by Crippen LogP contribution is 2.46. The molecule has 2 fully saturated rings. The van der Waals surface area contributed by atoms with Gasteiger partial charge in [0.25, 0.3) is 0 Å². The molecule has 0 aliphatic carbocycles. The van der Waals surface area contributed by atoms with E-state index in [4.69, 9.17) is 0 Å². The summed E-state index contributed by atoms with van der Waals surface area (Å²) in [6.07, 6.45) is 1.53. The zero-order valence-electron chi connectivity index (χ0n) is 13.9. The van der Waals surface area contributed by atoms with Crippen LogP contribution in [0.5, 0.6) is 0 Å². The number of aromatic nitrogens is 3. The Kier molecular flexibility index (Phi) is 3.47. The van der Waals surface area contributed by atoms with Gasteiger partial charge in [0.15, 0.2) is 15.9 Å². The van der Waals surface area contributed by atoms with Crippen molar-refractivity contribution < 1.29 is 23.1 Å².